The highest BCUT2D eigenvalue weighted by molar-refractivity contribution is 5.65. The number of ether oxygens (including phenoxy) is 1. The van der Waals surface area contributed by atoms with Gasteiger partial charge in [-0.05, 0) is 20.3 Å². The molecular weight excluding hydrogens is 192 g/mol. The van der Waals surface area contributed by atoms with E-state index in [0.717, 1.165) is 5.57 Å². The smallest absolute Gasteiger partial charge is 0.302 e. The fourth-order valence-electron chi connectivity index (χ4n) is 1.10. The normalized spacial score (nSPS) is 14.1. The molecule has 0 rings (SSSR count). The number of rotatable bonds is 6. The van der Waals surface area contributed by atoms with E-state index < -0.39 is 6.10 Å². The van der Waals surface area contributed by atoms with E-state index in [1.807, 2.05) is 6.92 Å². The first-order valence-electron chi connectivity index (χ1n) is 4.96. The van der Waals surface area contributed by atoms with Crippen LogP contribution in [-0.2, 0) is 9.53 Å². The topological polar surface area (TPSA) is 46.5 Å². The molecular formula is C12H20O3. The molecule has 0 aromatic heterocycles. The summed E-state index contributed by atoms with van der Waals surface area (Å²) >= 11 is 0. The van der Waals surface area contributed by atoms with E-state index in [9.17, 15) is 9.90 Å². The van der Waals surface area contributed by atoms with E-state index in [4.69, 9.17) is 4.74 Å². The Labute approximate surface area is 91.4 Å². The zero-order chi connectivity index (χ0) is 12.0. The highest BCUT2D eigenvalue weighted by Crippen LogP contribution is 2.18. The lowest BCUT2D eigenvalue weighted by Gasteiger charge is -2.20. The van der Waals surface area contributed by atoms with Crippen molar-refractivity contribution in [2.75, 3.05) is 6.61 Å². The summed E-state index contributed by atoms with van der Waals surface area (Å²) < 4.78 is 4.91. The monoisotopic (exact) mass is 212 g/mol. The van der Waals surface area contributed by atoms with Crippen molar-refractivity contribution in [1.82, 2.24) is 0 Å². The maximum atomic E-state index is 10.7. The van der Waals surface area contributed by atoms with Crippen molar-refractivity contribution in [2.45, 2.75) is 33.3 Å². The van der Waals surface area contributed by atoms with Crippen LogP contribution in [0.4, 0.5) is 0 Å². The van der Waals surface area contributed by atoms with Crippen LogP contribution in [0.2, 0.25) is 0 Å². The van der Waals surface area contributed by atoms with Gasteiger partial charge in [-0.25, -0.2) is 0 Å². The van der Waals surface area contributed by atoms with Gasteiger partial charge < -0.3 is 9.84 Å². The molecule has 0 aromatic rings. The Morgan fingerprint density at radius 2 is 1.80 bits per heavy atom. The second-order valence-corrected chi connectivity index (χ2v) is 3.94. The highest BCUT2D eigenvalue weighted by atomic mass is 16.5. The van der Waals surface area contributed by atoms with E-state index in [2.05, 4.69) is 13.2 Å². The minimum atomic E-state index is -0.567. The largest absolute Gasteiger partial charge is 0.465 e. The van der Waals surface area contributed by atoms with Gasteiger partial charge in [-0.3, -0.25) is 4.79 Å². The Hall–Kier alpha value is -1.09. The summed E-state index contributed by atoms with van der Waals surface area (Å²) in [7, 11) is 0. The average Bonchev–Trinajstić information content (AvgIpc) is 2.10. The van der Waals surface area contributed by atoms with E-state index in [0.29, 0.717) is 12.0 Å². The van der Waals surface area contributed by atoms with Crippen LogP contribution in [0.25, 0.3) is 0 Å². The molecule has 86 valence electrons. The first kappa shape index (κ1) is 13.9. The maximum Gasteiger partial charge on any atom is 0.302 e. The Balaban J connectivity index is 4.22. The lowest BCUT2D eigenvalue weighted by molar-refractivity contribution is -0.142. The molecule has 3 nitrogen and oxygen atoms in total. The number of hydrogen-bond donors (Lipinski definition) is 1. The third-order valence-corrected chi connectivity index (χ3v) is 2.26. The molecule has 0 fully saturated rings. The standard InChI is InChI=1S/C12H20O3/c1-8(2)11(7-15-10(5)13)6-12(14)9(3)4/h11-12,14H,1,3,6-7H2,2,4-5H3/t11-,12+/m0/s1. The molecule has 0 aliphatic rings. The van der Waals surface area contributed by atoms with Crippen molar-refractivity contribution >= 4 is 5.97 Å². The molecule has 0 bridgehead atoms. The summed E-state index contributed by atoms with van der Waals surface area (Å²) in [4.78, 5) is 10.7. The molecule has 1 N–H and O–H groups in total. The van der Waals surface area contributed by atoms with E-state index in [1.165, 1.54) is 6.92 Å². The van der Waals surface area contributed by atoms with Gasteiger partial charge in [0.2, 0.25) is 0 Å². The van der Waals surface area contributed by atoms with Crippen molar-refractivity contribution in [2.24, 2.45) is 5.92 Å². The van der Waals surface area contributed by atoms with Crippen molar-refractivity contribution in [3.05, 3.63) is 24.3 Å². The summed E-state index contributed by atoms with van der Waals surface area (Å²) in [6, 6.07) is 0. The SMILES string of the molecule is C=C(C)[C@H](COC(C)=O)C[C@@H](O)C(=C)C. The quantitative estimate of drug-likeness (QED) is 0.541. The van der Waals surface area contributed by atoms with Gasteiger partial charge in [-0.15, -0.1) is 0 Å². The van der Waals surface area contributed by atoms with Crippen LogP contribution >= 0.6 is 0 Å². The predicted molar refractivity (Wildman–Crippen MR) is 60.4 cm³/mol. The van der Waals surface area contributed by atoms with Gasteiger partial charge in [0.05, 0.1) is 12.7 Å². The second kappa shape index (κ2) is 6.40. The average molecular weight is 212 g/mol. The van der Waals surface area contributed by atoms with Crippen LogP contribution in [0.15, 0.2) is 24.3 Å². The van der Waals surface area contributed by atoms with Crippen LogP contribution in [0.5, 0.6) is 0 Å². The van der Waals surface area contributed by atoms with Gasteiger partial charge >= 0.3 is 5.97 Å². The summed E-state index contributed by atoms with van der Waals surface area (Å²) in [5.41, 5.74) is 1.61. The third kappa shape index (κ3) is 6.07. The molecule has 0 aliphatic heterocycles. The molecule has 0 amide bonds. The molecule has 0 heterocycles. The van der Waals surface area contributed by atoms with Gasteiger partial charge in [0, 0.05) is 12.8 Å². The number of carbonyl (C=O) groups excluding carboxylic acids is 1. The Morgan fingerprint density at radius 1 is 1.27 bits per heavy atom. The van der Waals surface area contributed by atoms with E-state index in [1.54, 1.807) is 6.92 Å². The third-order valence-electron chi connectivity index (χ3n) is 2.26. The molecule has 0 saturated heterocycles. The van der Waals surface area contributed by atoms with Gasteiger partial charge in [0.15, 0.2) is 0 Å². The molecule has 0 saturated carbocycles. The van der Waals surface area contributed by atoms with Crippen LogP contribution in [0.3, 0.4) is 0 Å². The van der Waals surface area contributed by atoms with E-state index >= 15 is 0 Å². The fourth-order valence-corrected chi connectivity index (χ4v) is 1.10. The van der Waals surface area contributed by atoms with Crippen LogP contribution in [-0.4, -0.2) is 23.8 Å². The lowest BCUT2D eigenvalue weighted by atomic mass is 9.93. The number of aliphatic hydroxyl groups excluding tert-OH is 1. The number of carbonyl (C=O) groups is 1. The van der Waals surface area contributed by atoms with Crippen molar-refractivity contribution in [3.63, 3.8) is 0 Å². The minimum Gasteiger partial charge on any atom is -0.465 e. The zero-order valence-corrected chi connectivity index (χ0v) is 9.75. The van der Waals surface area contributed by atoms with Gasteiger partial charge in [0.1, 0.15) is 0 Å². The van der Waals surface area contributed by atoms with Crippen LogP contribution < -0.4 is 0 Å². The van der Waals surface area contributed by atoms with Crippen LogP contribution in [0.1, 0.15) is 27.2 Å². The molecule has 0 aliphatic carbocycles. The van der Waals surface area contributed by atoms with Crippen molar-refractivity contribution in [3.8, 4) is 0 Å². The minimum absolute atomic E-state index is 0.0133. The molecule has 2 atom stereocenters. The zero-order valence-electron chi connectivity index (χ0n) is 9.75. The van der Waals surface area contributed by atoms with E-state index in [-0.39, 0.29) is 18.5 Å². The summed E-state index contributed by atoms with van der Waals surface area (Å²) in [6.45, 7) is 12.8. The summed E-state index contributed by atoms with van der Waals surface area (Å²) in [5.74, 6) is -0.327. The lowest BCUT2D eigenvalue weighted by Crippen LogP contribution is -2.20. The Bertz CT molecular complexity index is 256. The predicted octanol–water partition coefficient (Wildman–Crippen LogP) is 2.07. The Morgan fingerprint density at radius 3 is 2.13 bits per heavy atom. The molecule has 15 heavy (non-hydrogen) atoms. The molecule has 0 radical (unpaired) electrons. The summed E-state index contributed by atoms with van der Waals surface area (Å²) in [5, 5.41) is 9.63. The number of esters is 1. The fraction of sp³-hybridized carbons (Fsp3) is 0.583. The van der Waals surface area contributed by atoms with Gasteiger partial charge in [-0.2, -0.15) is 0 Å². The highest BCUT2D eigenvalue weighted by Gasteiger charge is 2.16. The number of hydrogen-bond acceptors (Lipinski definition) is 3. The first-order chi connectivity index (χ1) is 6.84. The molecule has 0 aromatic carbocycles. The Kier molecular flexibility index (Phi) is 5.94. The van der Waals surface area contributed by atoms with Crippen molar-refractivity contribution < 1.29 is 14.6 Å². The first-order valence-corrected chi connectivity index (χ1v) is 4.96. The second-order valence-electron chi connectivity index (χ2n) is 3.94. The van der Waals surface area contributed by atoms with Crippen molar-refractivity contribution in [1.29, 1.82) is 0 Å². The number of aliphatic hydroxyl groups is 1. The van der Waals surface area contributed by atoms with Gasteiger partial charge in [0.25, 0.3) is 0 Å². The molecule has 0 unspecified atom stereocenters. The summed E-state index contributed by atoms with van der Waals surface area (Å²) in [6.07, 6.45) is -0.0694. The van der Waals surface area contributed by atoms with Gasteiger partial charge in [-0.1, -0.05) is 24.3 Å². The van der Waals surface area contributed by atoms with Crippen LogP contribution in [0, 0.1) is 5.92 Å². The molecule has 3 heteroatoms. The molecule has 0 spiro atoms. The maximum absolute atomic E-state index is 10.7.